The van der Waals surface area contributed by atoms with Gasteiger partial charge in [0.2, 0.25) is 10.0 Å². The third-order valence-electron chi connectivity index (χ3n) is 4.48. The number of hydrogen-bond donors (Lipinski definition) is 2. The van der Waals surface area contributed by atoms with E-state index in [-0.39, 0.29) is 17.8 Å². The van der Waals surface area contributed by atoms with Crippen LogP contribution in [0.15, 0.2) is 35.7 Å². The Morgan fingerprint density at radius 3 is 2.85 bits per heavy atom. The Hall–Kier alpha value is -2.26. The van der Waals surface area contributed by atoms with Gasteiger partial charge in [0.15, 0.2) is 0 Å². The van der Waals surface area contributed by atoms with Gasteiger partial charge in [-0.15, -0.1) is 11.3 Å². The molecular formula is C18H23N3O4S2. The number of sulfonamides is 1. The van der Waals surface area contributed by atoms with Crippen molar-refractivity contribution in [2.24, 2.45) is 0 Å². The van der Waals surface area contributed by atoms with Gasteiger partial charge in [-0.05, 0) is 43.3 Å². The molecule has 1 saturated heterocycles. The van der Waals surface area contributed by atoms with Crippen molar-refractivity contribution in [3.63, 3.8) is 0 Å². The van der Waals surface area contributed by atoms with Gasteiger partial charge < -0.3 is 15.0 Å². The smallest absolute Gasteiger partial charge is 0.322 e. The van der Waals surface area contributed by atoms with Crippen LogP contribution in [-0.2, 0) is 10.0 Å². The second-order valence-electron chi connectivity index (χ2n) is 6.22. The number of methoxy groups -OCH3 is 1. The van der Waals surface area contributed by atoms with Crippen LogP contribution >= 0.6 is 11.3 Å². The second-order valence-corrected chi connectivity index (χ2v) is 9.21. The van der Waals surface area contributed by atoms with Gasteiger partial charge in [-0.3, -0.25) is 4.72 Å². The topological polar surface area (TPSA) is 87.7 Å². The number of ether oxygens (including phenoxy) is 1. The van der Waals surface area contributed by atoms with Crippen molar-refractivity contribution in [3.8, 4) is 5.75 Å². The maximum atomic E-state index is 12.7. The first kappa shape index (κ1) is 19.5. The summed E-state index contributed by atoms with van der Waals surface area (Å²) in [5.74, 6) is 0.314. The lowest BCUT2D eigenvalue weighted by atomic mass is 10.2. The third kappa shape index (κ3) is 4.54. The number of likely N-dealkylation sites (tertiary alicyclic amines) is 1. The molecule has 0 aliphatic carbocycles. The zero-order valence-corrected chi connectivity index (χ0v) is 16.9. The van der Waals surface area contributed by atoms with Gasteiger partial charge in [-0.2, -0.15) is 0 Å². The SMILES string of the molecule is CCS(=O)(=O)Nc1ccc(NC(=O)N2CCC[C@H]2c2cccs2)cc1OC. The number of amides is 2. The standard InChI is InChI=1S/C18H23N3O4S2/c1-3-27(23,24)20-14-9-8-13(12-16(14)25-2)19-18(22)21-10-4-6-15(21)17-7-5-11-26-17/h5,7-9,11-12,15,20H,3-4,6,10H2,1-2H3,(H,19,22)/t15-/m0/s1. The molecule has 1 aliphatic rings. The number of hydrogen-bond acceptors (Lipinski definition) is 5. The first-order chi connectivity index (χ1) is 12.9. The van der Waals surface area contributed by atoms with Crippen molar-refractivity contribution in [2.75, 3.05) is 29.4 Å². The zero-order chi connectivity index (χ0) is 19.4. The van der Waals surface area contributed by atoms with Crippen LogP contribution in [0.5, 0.6) is 5.75 Å². The summed E-state index contributed by atoms with van der Waals surface area (Å²) in [4.78, 5) is 15.8. The number of benzene rings is 1. The lowest BCUT2D eigenvalue weighted by molar-refractivity contribution is 0.208. The number of thiophene rings is 1. The molecule has 1 aliphatic heterocycles. The van der Waals surface area contributed by atoms with Gasteiger partial charge in [-0.25, -0.2) is 13.2 Å². The molecule has 146 valence electrons. The van der Waals surface area contributed by atoms with Crippen LogP contribution in [0.4, 0.5) is 16.2 Å². The van der Waals surface area contributed by atoms with Crippen LogP contribution in [0, 0.1) is 0 Å². The highest BCUT2D eigenvalue weighted by atomic mass is 32.2. The predicted molar refractivity (Wildman–Crippen MR) is 108 cm³/mol. The minimum absolute atomic E-state index is 0.0340. The van der Waals surface area contributed by atoms with Crippen LogP contribution in [0.3, 0.4) is 0 Å². The fourth-order valence-electron chi connectivity index (χ4n) is 3.07. The van der Waals surface area contributed by atoms with Crippen molar-refractivity contribution >= 4 is 38.8 Å². The molecule has 0 bridgehead atoms. The number of carbonyl (C=O) groups excluding carboxylic acids is 1. The molecule has 9 heteroatoms. The number of carbonyl (C=O) groups is 1. The van der Waals surface area contributed by atoms with Gasteiger partial charge in [0, 0.05) is 23.2 Å². The van der Waals surface area contributed by atoms with Gasteiger partial charge in [0.05, 0.1) is 24.6 Å². The number of nitrogens with one attached hydrogen (secondary N) is 2. The summed E-state index contributed by atoms with van der Waals surface area (Å²) in [5.41, 5.74) is 0.892. The maximum Gasteiger partial charge on any atom is 0.322 e. The average molecular weight is 410 g/mol. The Morgan fingerprint density at radius 2 is 2.19 bits per heavy atom. The molecule has 7 nitrogen and oxygen atoms in total. The maximum absolute atomic E-state index is 12.7. The van der Waals surface area contributed by atoms with Crippen molar-refractivity contribution in [3.05, 3.63) is 40.6 Å². The van der Waals surface area contributed by atoms with E-state index < -0.39 is 10.0 Å². The summed E-state index contributed by atoms with van der Waals surface area (Å²) in [7, 11) is -1.95. The van der Waals surface area contributed by atoms with Crippen LogP contribution in [-0.4, -0.2) is 38.8 Å². The Bertz CT molecular complexity index is 897. The van der Waals surface area contributed by atoms with Gasteiger partial charge in [-0.1, -0.05) is 6.07 Å². The van der Waals surface area contributed by atoms with Gasteiger partial charge >= 0.3 is 6.03 Å². The molecule has 1 fully saturated rings. The third-order valence-corrected chi connectivity index (χ3v) is 6.75. The van der Waals surface area contributed by atoms with Crippen LogP contribution in [0.1, 0.15) is 30.7 Å². The predicted octanol–water partition coefficient (Wildman–Crippen LogP) is 3.89. The lowest BCUT2D eigenvalue weighted by Crippen LogP contribution is -2.34. The lowest BCUT2D eigenvalue weighted by Gasteiger charge is -2.24. The van der Waals surface area contributed by atoms with E-state index >= 15 is 0 Å². The van der Waals surface area contributed by atoms with Crippen LogP contribution < -0.4 is 14.8 Å². The van der Waals surface area contributed by atoms with E-state index in [4.69, 9.17) is 4.74 Å². The van der Waals surface area contributed by atoms with Crippen LogP contribution in [0.25, 0.3) is 0 Å². The molecule has 2 N–H and O–H groups in total. The summed E-state index contributed by atoms with van der Waals surface area (Å²) in [6, 6.07) is 8.83. The molecule has 2 aromatic rings. The summed E-state index contributed by atoms with van der Waals surface area (Å²) >= 11 is 1.66. The number of rotatable bonds is 6. The minimum atomic E-state index is -3.41. The fourth-order valence-corrected chi connectivity index (χ4v) is 4.60. The molecule has 2 heterocycles. The van der Waals surface area contributed by atoms with Crippen LogP contribution in [0.2, 0.25) is 0 Å². The van der Waals surface area contributed by atoms with E-state index in [1.165, 1.54) is 12.0 Å². The van der Waals surface area contributed by atoms with E-state index in [1.54, 1.807) is 36.5 Å². The monoisotopic (exact) mass is 409 g/mol. The molecule has 1 atom stereocenters. The van der Waals surface area contributed by atoms with E-state index in [0.717, 1.165) is 12.8 Å². The number of urea groups is 1. The van der Waals surface area contributed by atoms with E-state index in [9.17, 15) is 13.2 Å². The molecule has 2 amide bonds. The largest absolute Gasteiger partial charge is 0.494 e. The first-order valence-electron chi connectivity index (χ1n) is 8.73. The second kappa shape index (κ2) is 8.18. The summed E-state index contributed by atoms with van der Waals surface area (Å²) < 4.78 is 31.3. The quantitative estimate of drug-likeness (QED) is 0.758. The molecule has 1 aromatic carbocycles. The Labute approximate surface area is 163 Å². The van der Waals surface area contributed by atoms with Crippen molar-refractivity contribution in [2.45, 2.75) is 25.8 Å². The molecule has 0 spiro atoms. The number of nitrogens with zero attached hydrogens (tertiary/aromatic N) is 1. The first-order valence-corrected chi connectivity index (χ1v) is 11.3. The summed E-state index contributed by atoms with van der Waals surface area (Å²) in [5, 5.41) is 4.91. The normalized spacial score (nSPS) is 17.0. The molecule has 3 rings (SSSR count). The molecule has 0 saturated carbocycles. The highest BCUT2D eigenvalue weighted by Gasteiger charge is 2.30. The van der Waals surface area contributed by atoms with Gasteiger partial charge in [0.1, 0.15) is 5.75 Å². The molecule has 27 heavy (non-hydrogen) atoms. The summed E-state index contributed by atoms with van der Waals surface area (Å²) in [6.45, 7) is 2.27. The Balaban J connectivity index is 1.74. The molecule has 1 aromatic heterocycles. The zero-order valence-electron chi connectivity index (χ0n) is 15.3. The van der Waals surface area contributed by atoms with Crippen molar-refractivity contribution in [1.29, 1.82) is 0 Å². The average Bonchev–Trinajstić information content (AvgIpc) is 3.33. The van der Waals surface area contributed by atoms with E-state index in [1.807, 2.05) is 16.3 Å². The van der Waals surface area contributed by atoms with E-state index in [2.05, 4.69) is 16.1 Å². The molecule has 0 radical (unpaired) electrons. The minimum Gasteiger partial charge on any atom is -0.494 e. The number of anilines is 2. The summed E-state index contributed by atoms with van der Waals surface area (Å²) in [6.07, 6.45) is 1.92. The highest BCUT2D eigenvalue weighted by Crippen LogP contribution is 2.35. The Kier molecular flexibility index (Phi) is 5.91. The highest BCUT2D eigenvalue weighted by molar-refractivity contribution is 7.92. The fraction of sp³-hybridized carbons (Fsp3) is 0.389. The molecular weight excluding hydrogens is 386 g/mol. The Morgan fingerprint density at radius 1 is 1.37 bits per heavy atom. The van der Waals surface area contributed by atoms with E-state index in [0.29, 0.717) is 23.7 Å². The van der Waals surface area contributed by atoms with Crippen molar-refractivity contribution in [1.82, 2.24) is 4.90 Å². The van der Waals surface area contributed by atoms with Crippen molar-refractivity contribution < 1.29 is 17.9 Å². The molecule has 0 unspecified atom stereocenters. The van der Waals surface area contributed by atoms with Gasteiger partial charge in [0.25, 0.3) is 0 Å².